The zero-order valence-electron chi connectivity index (χ0n) is 9.63. The zero-order chi connectivity index (χ0) is 10.6. The molecule has 2 nitrogen and oxygen atoms in total. The third kappa shape index (κ3) is 3.43. The molecule has 0 aliphatic carbocycles. The van der Waals surface area contributed by atoms with E-state index in [1.165, 1.54) is 31.5 Å². The molecule has 1 aliphatic heterocycles. The predicted molar refractivity (Wildman–Crippen MR) is 62.2 cm³/mol. The molecule has 2 heteroatoms. The molecule has 1 saturated heterocycles. The van der Waals surface area contributed by atoms with Gasteiger partial charge in [-0.15, -0.1) is 0 Å². The molecule has 0 atom stereocenters. The van der Waals surface area contributed by atoms with Gasteiger partial charge in [0.05, 0.1) is 0 Å². The summed E-state index contributed by atoms with van der Waals surface area (Å²) in [4.78, 5) is 2.56. The maximum Gasteiger partial charge on any atom is 0.0134 e. The van der Waals surface area contributed by atoms with Gasteiger partial charge in [-0.25, -0.2) is 0 Å². The quantitative estimate of drug-likeness (QED) is 0.697. The second-order valence-electron chi connectivity index (χ2n) is 4.73. The van der Waals surface area contributed by atoms with Crippen molar-refractivity contribution >= 4 is 0 Å². The van der Waals surface area contributed by atoms with Crippen LogP contribution < -0.4 is 5.73 Å². The van der Waals surface area contributed by atoms with Crippen LogP contribution in [0.3, 0.4) is 0 Å². The second kappa shape index (κ2) is 5.52. The van der Waals surface area contributed by atoms with Gasteiger partial charge in [-0.2, -0.15) is 0 Å². The molecule has 1 heterocycles. The first kappa shape index (κ1) is 11.7. The molecule has 0 aromatic rings. The van der Waals surface area contributed by atoms with E-state index in [9.17, 15) is 0 Å². The minimum Gasteiger partial charge on any atom is -0.327 e. The van der Waals surface area contributed by atoms with Gasteiger partial charge in [-0.05, 0) is 52.1 Å². The molecule has 0 aromatic carbocycles. The van der Waals surface area contributed by atoms with Gasteiger partial charge in [0.1, 0.15) is 0 Å². The number of hydrogen-bond acceptors (Lipinski definition) is 2. The first-order valence-electron chi connectivity index (χ1n) is 5.74. The van der Waals surface area contributed by atoms with Gasteiger partial charge in [-0.3, -0.25) is 0 Å². The molecule has 1 aliphatic rings. The molecule has 0 bridgehead atoms. The van der Waals surface area contributed by atoms with Crippen molar-refractivity contribution in [1.29, 1.82) is 0 Å². The molecule has 82 valence electrons. The van der Waals surface area contributed by atoms with Gasteiger partial charge >= 0.3 is 0 Å². The van der Waals surface area contributed by atoms with Crippen LogP contribution in [0.5, 0.6) is 0 Å². The lowest BCUT2D eigenvalue weighted by molar-refractivity contribution is 0.149. The van der Waals surface area contributed by atoms with Crippen molar-refractivity contribution < 1.29 is 0 Å². The lowest BCUT2D eigenvalue weighted by Gasteiger charge is -2.34. The van der Waals surface area contributed by atoms with Crippen LogP contribution in [0.15, 0.2) is 12.2 Å². The van der Waals surface area contributed by atoms with E-state index in [0.717, 1.165) is 12.3 Å². The van der Waals surface area contributed by atoms with Crippen molar-refractivity contribution in [3.05, 3.63) is 12.2 Å². The third-order valence-corrected chi connectivity index (χ3v) is 3.25. The van der Waals surface area contributed by atoms with Crippen LogP contribution >= 0.6 is 0 Å². The normalized spacial score (nSPS) is 20.3. The van der Waals surface area contributed by atoms with Gasteiger partial charge in [-0.1, -0.05) is 12.2 Å². The maximum absolute atomic E-state index is 5.55. The SMILES string of the molecule is C=C(CN)CC1CCN(C(C)C)CC1. The number of nitrogens with zero attached hydrogens (tertiary/aromatic N) is 1. The summed E-state index contributed by atoms with van der Waals surface area (Å²) in [6.45, 7) is 11.7. The summed E-state index contributed by atoms with van der Waals surface area (Å²) < 4.78 is 0. The van der Waals surface area contributed by atoms with E-state index >= 15 is 0 Å². The van der Waals surface area contributed by atoms with E-state index in [4.69, 9.17) is 5.73 Å². The number of rotatable bonds is 4. The summed E-state index contributed by atoms with van der Waals surface area (Å²) >= 11 is 0. The van der Waals surface area contributed by atoms with Crippen molar-refractivity contribution in [1.82, 2.24) is 4.90 Å². The van der Waals surface area contributed by atoms with Gasteiger partial charge in [0.15, 0.2) is 0 Å². The van der Waals surface area contributed by atoms with Crippen LogP contribution in [-0.4, -0.2) is 30.6 Å². The largest absolute Gasteiger partial charge is 0.327 e. The van der Waals surface area contributed by atoms with Crippen LogP contribution in [0.25, 0.3) is 0 Å². The Balaban J connectivity index is 2.25. The van der Waals surface area contributed by atoms with E-state index < -0.39 is 0 Å². The molecular formula is C12H24N2. The summed E-state index contributed by atoms with van der Waals surface area (Å²) in [5.41, 5.74) is 6.77. The Kier molecular flexibility index (Phi) is 4.63. The fourth-order valence-electron chi connectivity index (χ4n) is 2.17. The topological polar surface area (TPSA) is 29.3 Å². The van der Waals surface area contributed by atoms with E-state index in [1.807, 2.05) is 0 Å². The fraction of sp³-hybridized carbons (Fsp3) is 0.833. The predicted octanol–water partition coefficient (Wildman–Crippen LogP) is 2.01. The van der Waals surface area contributed by atoms with Gasteiger partial charge in [0.25, 0.3) is 0 Å². The Bertz CT molecular complexity index is 179. The highest BCUT2D eigenvalue weighted by Gasteiger charge is 2.20. The number of piperidine rings is 1. The Morgan fingerprint density at radius 3 is 2.43 bits per heavy atom. The smallest absolute Gasteiger partial charge is 0.0134 e. The zero-order valence-corrected chi connectivity index (χ0v) is 9.63. The molecule has 0 saturated carbocycles. The van der Waals surface area contributed by atoms with Crippen molar-refractivity contribution in [2.24, 2.45) is 11.7 Å². The van der Waals surface area contributed by atoms with Crippen LogP contribution in [-0.2, 0) is 0 Å². The molecule has 1 rings (SSSR count). The molecule has 1 fully saturated rings. The second-order valence-corrected chi connectivity index (χ2v) is 4.73. The standard InChI is InChI=1S/C12H24N2/c1-10(2)14-6-4-12(5-7-14)8-11(3)9-13/h10,12H,3-9,13H2,1-2H3. The highest BCUT2D eigenvalue weighted by Crippen LogP contribution is 2.23. The summed E-state index contributed by atoms with van der Waals surface area (Å²) in [5, 5.41) is 0. The molecule has 0 aromatic heterocycles. The molecule has 0 unspecified atom stereocenters. The molecule has 14 heavy (non-hydrogen) atoms. The summed E-state index contributed by atoms with van der Waals surface area (Å²) in [6, 6.07) is 0.702. The van der Waals surface area contributed by atoms with Crippen LogP contribution in [0, 0.1) is 5.92 Å². The van der Waals surface area contributed by atoms with Gasteiger partial charge < -0.3 is 10.6 Å². The first-order valence-corrected chi connectivity index (χ1v) is 5.74. The van der Waals surface area contributed by atoms with E-state index in [-0.39, 0.29) is 0 Å². The molecule has 0 amide bonds. The highest BCUT2D eigenvalue weighted by atomic mass is 15.1. The maximum atomic E-state index is 5.55. The number of likely N-dealkylation sites (tertiary alicyclic amines) is 1. The third-order valence-electron chi connectivity index (χ3n) is 3.25. The van der Waals surface area contributed by atoms with E-state index in [0.29, 0.717) is 12.6 Å². The Labute approximate surface area is 88.2 Å². The van der Waals surface area contributed by atoms with Gasteiger partial charge in [0, 0.05) is 12.6 Å². The van der Waals surface area contributed by atoms with Crippen molar-refractivity contribution in [3.63, 3.8) is 0 Å². The lowest BCUT2D eigenvalue weighted by Crippen LogP contribution is -2.38. The lowest BCUT2D eigenvalue weighted by atomic mass is 9.90. The van der Waals surface area contributed by atoms with Crippen LogP contribution in [0.1, 0.15) is 33.1 Å². The minimum absolute atomic E-state index is 0.657. The Morgan fingerprint density at radius 2 is 2.00 bits per heavy atom. The highest BCUT2D eigenvalue weighted by molar-refractivity contribution is 4.97. The van der Waals surface area contributed by atoms with Crippen molar-refractivity contribution in [2.45, 2.75) is 39.2 Å². The van der Waals surface area contributed by atoms with Crippen molar-refractivity contribution in [2.75, 3.05) is 19.6 Å². The number of nitrogens with two attached hydrogens (primary N) is 1. The summed E-state index contributed by atoms with van der Waals surface area (Å²) in [7, 11) is 0. The van der Waals surface area contributed by atoms with E-state index in [2.05, 4.69) is 25.3 Å². The van der Waals surface area contributed by atoms with Gasteiger partial charge in [0.2, 0.25) is 0 Å². The average molecular weight is 196 g/mol. The monoisotopic (exact) mass is 196 g/mol. The Hall–Kier alpha value is -0.340. The first-order chi connectivity index (χ1) is 6.63. The minimum atomic E-state index is 0.657. The summed E-state index contributed by atoms with van der Waals surface area (Å²) in [6.07, 6.45) is 3.77. The average Bonchev–Trinajstić information content (AvgIpc) is 2.18. The molecular weight excluding hydrogens is 172 g/mol. The van der Waals surface area contributed by atoms with Crippen molar-refractivity contribution in [3.8, 4) is 0 Å². The summed E-state index contributed by atoms with van der Waals surface area (Å²) in [5.74, 6) is 0.834. The molecule has 0 spiro atoms. The molecule has 0 radical (unpaired) electrons. The van der Waals surface area contributed by atoms with E-state index in [1.54, 1.807) is 0 Å². The van der Waals surface area contributed by atoms with Crippen LogP contribution in [0.2, 0.25) is 0 Å². The fourth-order valence-corrected chi connectivity index (χ4v) is 2.17. The molecule has 2 N–H and O–H groups in total. The Morgan fingerprint density at radius 1 is 1.43 bits per heavy atom. The van der Waals surface area contributed by atoms with Crippen LogP contribution in [0.4, 0.5) is 0 Å². The number of hydrogen-bond donors (Lipinski definition) is 1.